The Hall–Kier alpha value is -2.04. The van der Waals surface area contributed by atoms with E-state index in [0.717, 1.165) is 43.4 Å². The highest BCUT2D eigenvalue weighted by atomic mass is 16.5. The quantitative estimate of drug-likeness (QED) is 0.754. The fourth-order valence-corrected chi connectivity index (χ4v) is 2.78. The molecule has 2 amide bonds. The van der Waals surface area contributed by atoms with Crippen LogP contribution in [0.1, 0.15) is 49.7 Å². The molecule has 2 N–H and O–H groups in total. The summed E-state index contributed by atoms with van der Waals surface area (Å²) in [5.74, 6) is 0.803. The number of unbranched alkanes of at least 4 members (excludes halogenated alkanes) is 1. The Kier molecular flexibility index (Phi) is 7.09. The number of carbonyl (C=O) groups excluding carboxylic acids is 2. The average Bonchev–Trinajstić information content (AvgIpc) is 2.75. The van der Waals surface area contributed by atoms with E-state index >= 15 is 0 Å². The zero-order chi connectivity index (χ0) is 17.4. The normalized spacial score (nSPS) is 17.8. The number of rotatable bonds is 7. The van der Waals surface area contributed by atoms with Crippen molar-refractivity contribution in [3.8, 4) is 5.75 Å². The largest absolute Gasteiger partial charge is 0.493 e. The standard InChI is InChI=1S/C19H28N2O3/c1-14-9-10-15(2)17(13-14)24-12-6-4-8-18(22)21-16-7-3-5-11-20-19(16)23/h9-10,13,16H,3-8,11-12H2,1-2H3,(H,20,23)(H,21,22)/t16-/m1/s1. The van der Waals surface area contributed by atoms with Crippen molar-refractivity contribution in [3.63, 3.8) is 0 Å². The molecule has 1 aliphatic heterocycles. The monoisotopic (exact) mass is 332 g/mol. The van der Waals surface area contributed by atoms with Crippen molar-refractivity contribution in [3.05, 3.63) is 29.3 Å². The van der Waals surface area contributed by atoms with Gasteiger partial charge in [-0.15, -0.1) is 0 Å². The van der Waals surface area contributed by atoms with E-state index in [9.17, 15) is 9.59 Å². The van der Waals surface area contributed by atoms with E-state index in [2.05, 4.69) is 22.8 Å². The lowest BCUT2D eigenvalue weighted by molar-refractivity contribution is -0.128. The number of amides is 2. The third-order valence-corrected chi connectivity index (χ3v) is 4.27. The van der Waals surface area contributed by atoms with E-state index in [1.165, 1.54) is 5.56 Å². The summed E-state index contributed by atoms with van der Waals surface area (Å²) in [6, 6.07) is 5.78. The van der Waals surface area contributed by atoms with Crippen molar-refractivity contribution in [1.82, 2.24) is 10.6 Å². The lowest BCUT2D eigenvalue weighted by Gasteiger charge is -2.15. The number of ether oxygens (including phenoxy) is 1. The zero-order valence-corrected chi connectivity index (χ0v) is 14.7. The SMILES string of the molecule is Cc1ccc(C)c(OCCCCC(=O)N[C@@H]2CCCCNC2=O)c1. The Morgan fingerprint density at radius 2 is 2.12 bits per heavy atom. The summed E-state index contributed by atoms with van der Waals surface area (Å²) < 4.78 is 5.79. The van der Waals surface area contributed by atoms with E-state index in [0.29, 0.717) is 19.6 Å². The van der Waals surface area contributed by atoms with Crippen molar-refractivity contribution >= 4 is 11.8 Å². The van der Waals surface area contributed by atoms with Crippen LogP contribution in [0.25, 0.3) is 0 Å². The summed E-state index contributed by atoms with van der Waals surface area (Å²) >= 11 is 0. The molecule has 5 nitrogen and oxygen atoms in total. The number of benzene rings is 1. The molecule has 0 unspecified atom stereocenters. The Balaban J connectivity index is 1.64. The second-order valence-electron chi connectivity index (χ2n) is 6.48. The molecule has 132 valence electrons. The van der Waals surface area contributed by atoms with Crippen LogP contribution in [0.4, 0.5) is 0 Å². The average molecular weight is 332 g/mol. The van der Waals surface area contributed by atoms with Crippen LogP contribution in [0.3, 0.4) is 0 Å². The minimum Gasteiger partial charge on any atom is -0.493 e. The van der Waals surface area contributed by atoms with Crippen molar-refractivity contribution in [2.24, 2.45) is 0 Å². The second-order valence-corrected chi connectivity index (χ2v) is 6.48. The number of hydrogen-bond donors (Lipinski definition) is 2. The molecular weight excluding hydrogens is 304 g/mol. The highest BCUT2D eigenvalue weighted by molar-refractivity contribution is 5.87. The van der Waals surface area contributed by atoms with Gasteiger partial charge >= 0.3 is 0 Å². The minimum atomic E-state index is -0.369. The third kappa shape index (κ3) is 5.87. The predicted molar refractivity (Wildman–Crippen MR) is 94.1 cm³/mol. The third-order valence-electron chi connectivity index (χ3n) is 4.27. The molecular formula is C19H28N2O3. The maximum absolute atomic E-state index is 12.0. The Bertz CT molecular complexity index is 572. The van der Waals surface area contributed by atoms with Gasteiger partial charge in [-0.3, -0.25) is 9.59 Å². The highest BCUT2D eigenvalue weighted by Crippen LogP contribution is 2.19. The number of carbonyl (C=O) groups is 2. The van der Waals surface area contributed by atoms with Gasteiger partial charge in [0.05, 0.1) is 6.61 Å². The maximum atomic E-state index is 12.0. The fraction of sp³-hybridized carbons (Fsp3) is 0.579. The lowest BCUT2D eigenvalue weighted by Crippen LogP contribution is -2.45. The van der Waals surface area contributed by atoms with Gasteiger partial charge in [0.2, 0.25) is 11.8 Å². The molecule has 1 aromatic carbocycles. The van der Waals surface area contributed by atoms with Crippen LogP contribution in [0.2, 0.25) is 0 Å². The molecule has 1 heterocycles. The Morgan fingerprint density at radius 1 is 1.29 bits per heavy atom. The van der Waals surface area contributed by atoms with Crippen LogP contribution < -0.4 is 15.4 Å². The maximum Gasteiger partial charge on any atom is 0.242 e. The van der Waals surface area contributed by atoms with Crippen LogP contribution in [0.15, 0.2) is 18.2 Å². The first-order chi connectivity index (χ1) is 11.6. The van der Waals surface area contributed by atoms with Crippen LogP contribution in [0, 0.1) is 13.8 Å². The van der Waals surface area contributed by atoms with Crippen LogP contribution in [0.5, 0.6) is 5.75 Å². The summed E-state index contributed by atoms with van der Waals surface area (Å²) in [6.07, 6.45) is 4.68. The molecule has 1 saturated heterocycles. The number of aryl methyl sites for hydroxylation is 2. The molecule has 0 bridgehead atoms. The van der Waals surface area contributed by atoms with Gasteiger partial charge < -0.3 is 15.4 Å². The first kappa shape index (κ1) is 18.3. The molecule has 0 aliphatic carbocycles. The smallest absolute Gasteiger partial charge is 0.242 e. The molecule has 1 aliphatic rings. The van der Waals surface area contributed by atoms with Crippen LogP contribution in [-0.4, -0.2) is 31.0 Å². The molecule has 0 aromatic heterocycles. The van der Waals surface area contributed by atoms with Gasteiger partial charge in [-0.25, -0.2) is 0 Å². The molecule has 2 rings (SSSR count). The second kappa shape index (κ2) is 9.30. The highest BCUT2D eigenvalue weighted by Gasteiger charge is 2.21. The topological polar surface area (TPSA) is 67.4 Å². The summed E-state index contributed by atoms with van der Waals surface area (Å²) in [5, 5.41) is 5.67. The van der Waals surface area contributed by atoms with Gasteiger partial charge in [0, 0.05) is 13.0 Å². The minimum absolute atomic E-state index is 0.0520. The van der Waals surface area contributed by atoms with Gasteiger partial charge in [-0.2, -0.15) is 0 Å². The van der Waals surface area contributed by atoms with E-state index in [1.807, 2.05) is 19.9 Å². The van der Waals surface area contributed by atoms with Crippen molar-refractivity contribution < 1.29 is 14.3 Å². The summed E-state index contributed by atoms with van der Waals surface area (Å²) in [7, 11) is 0. The Morgan fingerprint density at radius 3 is 2.96 bits per heavy atom. The molecule has 1 atom stereocenters. The first-order valence-corrected chi connectivity index (χ1v) is 8.83. The van der Waals surface area contributed by atoms with Crippen molar-refractivity contribution in [2.45, 2.75) is 58.4 Å². The zero-order valence-electron chi connectivity index (χ0n) is 14.7. The fourth-order valence-electron chi connectivity index (χ4n) is 2.78. The Labute approximate surface area is 144 Å². The van der Waals surface area contributed by atoms with E-state index in [-0.39, 0.29) is 17.9 Å². The molecule has 1 aromatic rings. The van der Waals surface area contributed by atoms with E-state index < -0.39 is 0 Å². The lowest BCUT2D eigenvalue weighted by atomic mass is 10.1. The van der Waals surface area contributed by atoms with Gasteiger partial charge in [0.1, 0.15) is 11.8 Å². The van der Waals surface area contributed by atoms with E-state index in [4.69, 9.17) is 4.74 Å². The van der Waals surface area contributed by atoms with Crippen LogP contribution in [-0.2, 0) is 9.59 Å². The van der Waals surface area contributed by atoms with Gasteiger partial charge in [0.15, 0.2) is 0 Å². The molecule has 5 heteroatoms. The number of nitrogens with one attached hydrogen (secondary N) is 2. The van der Waals surface area contributed by atoms with E-state index in [1.54, 1.807) is 0 Å². The molecule has 0 radical (unpaired) electrons. The van der Waals surface area contributed by atoms with Crippen molar-refractivity contribution in [2.75, 3.05) is 13.2 Å². The molecule has 1 fully saturated rings. The molecule has 0 saturated carbocycles. The number of hydrogen-bond acceptors (Lipinski definition) is 3. The summed E-state index contributed by atoms with van der Waals surface area (Å²) in [4.78, 5) is 23.8. The van der Waals surface area contributed by atoms with Gasteiger partial charge in [0.25, 0.3) is 0 Å². The van der Waals surface area contributed by atoms with Gasteiger partial charge in [-0.05, 0) is 63.1 Å². The molecule has 24 heavy (non-hydrogen) atoms. The molecule has 0 spiro atoms. The van der Waals surface area contributed by atoms with Crippen molar-refractivity contribution in [1.29, 1.82) is 0 Å². The summed E-state index contributed by atoms with van der Waals surface area (Å²) in [6.45, 7) is 5.38. The first-order valence-electron chi connectivity index (χ1n) is 8.83. The van der Waals surface area contributed by atoms with Gasteiger partial charge in [-0.1, -0.05) is 12.1 Å². The summed E-state index contributed by atoms with van der Waals surface area (Å²) in [5.41, 5.74) is 2.30. The van der Waals surface area contributed by atoms with Crippen LogP contribution >= 0.6 is 0 Å². The predicted octanol–water partition coefficient (Wildman–Crippen LogP) is 2.64.